The average molecular weight is 375 g/mol. The van der Waals surface area contributed by atoms with E-state index in [1.54, 1.807) is 31.4 Å². The maximum absolute atomic E-state index is 13.0. The van der Waals surface area contributed by atoms with Crippen LogP contribution >= 0.6 is 0 Å². The molecule has 142 valence electrons. The zero-order chi connectivity index (χ0) is 19.5. The van der Waals surface area contributed by atoms with Crippen molar-refractivity contribution in [2.75, 3.05) is 19.5 Å². The van der Waals surface area contributed by atoms with Crippen LogP contribution < -0.4 is 14.8 Å². The van der Waals surface area contributed by atoms with Gasteiger partial charge < -0.3 is 19.7 Å². The Kier molecular flexibility index (Phi) is 4.85. The first-order valence-electron chi connectivity index (χ1n) is 8.99. The van der Waals surface area contributed by atoms with Crippen LogP contribution in [0.4, 0.5) is 5.69 Å². The molecule has 2 heterocycles. The maximum Gasteiger partial charge on any atom is 0.258 e. The fourth-order valence-electron chi connectivity index (χ4n) is 3.32. The van der Waals surface area contributed by atoms with Crippen LogP contribution in [0.15, 0.2) is 66.9 Å². The number of carbonyl (C=O) groups is 1. The van der Waals surface area contributed by atoms with Gasteiger partial charge in [0.15, 0.2) is 0 Å². The van der Waals surface area contributed by atoms with Crippen LogP contribution in [-0.4, -0.2) is 30.0 Å². The minimum atomic E-state index is -0.348. The second kappa shape index (κ2) is 7.60. The van der Waals surface area contributed by atoms with Gasteiger partial charge in [-0.25, -0.2) is 0 Å². The molecule has 0 bridgehead atoms. The predicted octanol–water partition coefficient (Wildman–Crippen LogP) is 3.87. The summed E-state index contributed by atoms with van der Waals surface area (Å²) in [7, 11) is 3.27. The smallest absolute Gasteiger partial charge is 0.258 e. The monoisotopic (exact) mass is 375 g/mol. The molecule has 4 rings (SSSR count). The molecule has 1 unspecified atom stereocenters. The van der Waals surface area contributed by atoms with Gasteiger partial charge in [-0.1, -0.05) is 12.1 Å². The number of amides is 1. The SMILES string of the molecule is COc1ccc(CN2C(=O)c3cccnc3C2Nc2ccc(OC)cc2)cc1. The standard InChI is InChI=1S/C22H21N3O3/c1-27-17-9-5-15(6-10-17)14-25-21(20-19(22(25)26)4-3-13-23-20)24-16-7-11-18(28-2)12-8-16/h3-13,21,24H,14H2,1-2H3. The summed E-state index contributed by atoms with van der Waals surface area (Å²) in [6, 6.07) is 18.9. The van der Waals surface area contributed by atoms with Crippen LogP contribution in [0.3, 0.4) is 0 Å². The third-order valence-corrected chi connectivity index (χ3v) is 4.81. The molecule has 6 heteroatoms. The van der Waals surface area contributed by atoms with Gasteiger partial charge in [0.1, 0.15) is 17.7 Å². The molecule has 1 amide bonds. The lowest BCUT2D eigenvalue weighted by molar-refractivity contribution is 0.0727. The third kappa shape index (κ3) is 3.36. The molecule has 28 heavy (non-hydrogen) atoms. The summed E-state index contributed by atoms with van der Waals surface area (Å²) in [5.41, 5.74) is 3.26. The van der Waals surface area contributed by atoms with E-state index in [2.05, 4.69) is 10.3 Å². The second-order valence-corrected chi connectivity index (χ2v) is 6.49. The van der Waals surface area contributed by atoms with E-state index in [-0.39, 0.29) is 12.1 Å². The van der Waals surface area contributed by atoms with Crippen molar-refractivity contribution in [3.05, 3.63) is 83.7 Å². The Morgan fingerprint density at radius 3 is 2.25 bits per heavy atom. The summed E-state index contributed by atoms with van der Waals surface area (Å²) in [6.07, 6.45) is 1.37. The molecule has 1 aliphatic heterocycles. The van der Waals surface area contributed by atoms with Gasteiger partial charge in [-0.15, -0.1) is 0 Å². The van der Waals surface area contributed by atoms with Crippen molar-refractivity contribution in [2.24, 2.45) is 0 Å². The summed E-state index contributed by atoms with van der Waals surface area (Å²) in [6.45, 7) is 0.465. The van der Waals surface area contributed by atoms with E-state index in [1.165, 1.54) is 0 Å². The maximum atomic E-state index is 13.0. The van der Waals surface area contributed by atoms with Gasteiger partial charge >= 0.3 is 0 Å². The van der Waals surface area contributed by atoms with Crippen molar-refractivity contribution in [3.8, 4) is 11.5 Å². The fraction of sp³-hybridized carbons (Fsp3) is 0.182. The molecular formula is C22H21N3O3. The van der Waals surface area contributed by atoms with Crippen molar-refractivity contribution in [2.45, 2.75) is 12.7 Å². The Balaban J connectivity index is 1.63. The topological polar surface area (TPSA) is 63.7 Å². The lowest BCUT2D eigenvalue weighted by Gasteiger charge is -2.26. The van der Waals surface area contributed by atoms with E-state index in [0.29, 0.717) is 12.1 Å². The lowest BCUT2D eigenvalue weighted by atomic mass is 10.2. The fourth-order valence-corrected chi connectivity index (χ4v) is 3.32. The first-order chi connectivity index (χ1) is 13.7. The van der Waals surface area contributed by atoms with Crippen molar-refractivity contribution >= 4 is 11.6 Å². The van der Waals surface area contributed by atoms with E-state index in [4.69, 9.17) is 9.47 Å². The van der Waals surface area contributed by atoms with Crippen molar-refractivity contribution in [1.29, 1.82) is 0 Å². The van der Waals surface area contributed by atoms with E-state index < -0.39 is 0 Å². The van der Waals surface area contributed by atoms with E-state index >= 15 is 0 Å². The minimum absolute atomic E-state index is 0.0371. The van der Waals surface area contributed by atoms with Crippen molar-refractivity contribution in [3.63, 3.8) is 0 Å². The first-order valence-corrected chi connectivity index (χ1v) is 8.99. The Hall–Kier alpha value is -3.54. The van der Waals surface area contributed by atoms with E-state index in [1.807, 2.05) is 54.6 Å². The highest BCUT2D eigenvalue weighted by atomic mass is 16.5. The molecule has 1 aromatic heterocycles. The Morgan fingerprint density at radius 1 is 0.964 bits per heavy atom. The number of fused-ring (bicyclic) bond motifs is 1. The van der Waals surface area contributed by atoms with Crippen LogP contribution in [-0.2, 0) is 6.54 Å². The predicted molar refractivity (Wildman–Crippen MR) is 106 cm³/mol. The number of nitrogens with zero attached hydrogens (tertiary/aromatic N) is 2. The normalized spacial score (nSPS) is 15.3. The second-order valence-electron chi connectivity index (χ2n) is 6.49. The molecule has 0 saturated carbocycles. The summed E-state index contributed by atoms with van der Waals surface area (Å²) < 4.78 is 10.4. The number of hydrogen-bond donors (Lipinski definition) is 1. The highest BCUT2D eigenvalue weighted by Crippen LogP contribution is 2.34. The highest BCUT2D eigenvalue weighted by molar-refractivity contribution is 5.98. The number of aromatic nitrogens is 1. The molecule has 6 nitrogen and oxygen atoms in total. The molecule has 0 spiro atoms. The van der Waals surface area contributed by atoms with Gasteiger partial charge in [0, 0.05) is 18.4 Å². The number of pyridine rings is 1. The molecule has 0 fully saturated rings. The van der Waals surface area contributed by atoms with E-state index in [9.17, 15) is 4.79 Å². The number of methoxy groups -OCH3 is 2. The molecule has 0 saturated heterocycles. The first kappa shape index (κ1) is 17.9. The molecule has 1 aliphatic rings. The quantitative estimate of drug-likeness (QED) is 0.709. The van der Waals surface area contributed by atoms with Crippen LogP contribution in [0, 0.1) is 0 Å². The van der Waals surface area contributed by atoms with Crippen molar-refractivity contribution in [1.82, 2.24) is 9.88 Å². The molecule has 3 aromatic rings. The zero-order valence-electron chi connectivity index (χ0n) is 15.8. The van der Waals surface area contributed by atoms with Crippen LogP contribution in [0.2, 0.25) is 0 Å². The Labute approximate surface area is 163 Å². The molecule has 1 atom stereocenters. The molecular weight excluding hydrogens is 354 g/mol. The molecule has 1 N–H and O–H groups in total. The van der Waals surface area contributed by atoms with E-state index in [0.717, 1.165) is 28.4 Å². The van der Waals surface area contributed by atoms with Gasteiger partial charge in [0.05, 0.1) is 25.5 Å². The average Bonchev–Trinajstić information content (AvgIpc) is 3.01. The Bertz CT molecular complexity index is 971. The van der Waals surface area contributed by atoms with Crippen molar-refractivity contribution < 1.29 is 14.3 Å². The highest BCUT2D eigenvalue weighted by Gasteiger charge is 2.37. The van der Waals surface area contributed by atoms with Gasteiger partial charge in [-0.3, -0.25) is 9.78 Å². The van der Waals surface area contributed by atoms with Gasteiger partial charge in [0.25, 0.3) is 5.91 Å². The molecule has 2 aromatic carbocycles. The largest absolute Gasteiger partial charge is 0.497 e. The number of ether oxygens (including phenoxy) is 2. The van der Waals surface area contributed by atoms with Crippen LogP contribution in [0.5, 0.6) is 11.5 Å². The summed E-state index contributed by atoms with van der Waals surface area (Å²) in [4.78, 5) is 19.3. The van der Waals surface area contributed by atoms with Gasteiger partial charge in [0.2, 0.25) is 0 Å². The lowest BCUT2D eigenvalue weighted by Crippen LogP contribution is -2.32. The number of nitrogens with one attached hydrogen (secondary N) is 1. The van der Waals surface area contributed by atoms with Gasteiger partial charge in [-0.05, 0) is 54.1 Å². The van der Waals surface area contributed by atoms with Crippen LogP contribution in [0.25, 0.3) is 0 Å². The van der Waals surface area contributed by atoms with Gasteiger partial charge in [-0.2, -0.15) is 0 Å². The molecule has 0 aliphatic carbocycles. The summed E-state index contributed by atoms with van der Waals surface area (Å²) >= 11 is 0. The molecule has 0 radical (unpaired) electrons. The summed E-state index contributed by atoms with van der Waals surface area (Å²) in [5.74, 6) is 1.53. The number of anilines is 1. The minimum Gasteiger partial charge on any atom is -0.497 e. The number of benzene rings is 2. The number of rotatable bonds is 6. The summed E-state index contributed by atoms with van der Waals surface area (Å²) in [5, 5.41) is 3.43. The number of hydrogen-bond acceptors (Lipinski definition) is 5. The third-order valence-electron chi connectivity index (χ3n) is 4.81. The number of carbonyl (C=O) groups excluding carboxylic acids is 1. The van der Waals surface area contributed by atoms with Crippen LogP contribution in [0.1, 0.15) is 27.8 Å². The Morgan fingerprint density at radius 2 is 1.61 bits per heavy atom. The zero-order valence-corrected chi connectivity index (χ0v) is 15.8.